The van der Waals surface area contributed by atoms with Crippen molar-refractivity contribution < 1.29 is 24.0 Å². The van der Waals surface area contributed by atoms with Crippen molar-refractivity contribution in [2.75, 3.05) is 62.8 Å². The zero-order valence-electron chi connectivity index (χ0n) is 18.9. The van der Waals surface area contributed by atoms with Gasteiger partial charge in [0.25, 0.3) is 17.5 Å². The van der Waals surface area contributed by atoms with E-state index in [0.29, 0.717) is 69.5 Å². The van der Waals surface area contributed by atoms with Crippen LogP contribution < -0.4 is 15.5 Å². The topological polar surface area (TPSA) is 126 Å². The highest BCUT2D eigenvalue weighted by Gasteiger charge is 2.24. The van der Waals surface area contributed by atoms with Crippen LogP contribution in [0.25, 0.3) is 0 Å². The number of hydrogen-bond donors (Lipinski definition) is 2. The summed E-state index contributed by atoms with van der Waals surface area (Å²) in [5.41, 5.74) is 1.41. The molecular weight excluding hydrogens is 474 g/mol. The number of nitro groups is 1. The fourth-order valence-corrected chi connectivity index (χ4v) is 4.11. The van der Waals surface area contributed by atoms with E-state index in [9.17, 15) is 19.7 Å². The molecule has 0 unspecified atom stereocenters. The summed E-state index contributed by atoms with van der Waals surface area (Å²) < 4.78 is 10.6. The molecule has 2 fully saturated rings. The lowest BCUT2D eigenvalue weighted by Crippen LogP contribution is -2.40. The van der Waals surface area contributed by atoms with Crippen LogP contribution in [0.1, 0.15) is 20.7 Å². The number of anilines is 2. The lowest BCUT2D eigenvalue weighted by molar-refractivity contribution is -0.384. The molecule has 184 valence electrons. The van der Waals surface area contributed by atoms with Crippen LogP contribution in [0.4, 0.5) is 17.1 Å². The van der Waals surface area contributed by atoms with Crippen molar-refractivity contribution in [1.82, 2.24) is 10.2 Å². The maximum atomic E-state index is 12.7. The van der Waals surface area contributed by atoms with Crippen LogP contribution in [0.15, 0.2) is 42.5 Å². The standard InChI is InChI=1S/C23H25N5O6S/c29-21(16-4-5-19(20(15-16)28(31)32)26-6-10-33-11-7-26)25-23(35)24-18-3-1-2-17(14-18)22(30)27-8-12-34-13-9-27/h1-5,14-15H,6-13H2,(H2,24,25,29,35). The number of carbonyl (C=O) groups excluding carboxylic acids is 2. The van der Waals surface area contributed by atoms with Gasteiger partial charge in [-0.1, -0.05) is 6.07 Å². The van der Waals surface area contributed by atoms with Gasteiger partial charge >= 0.3 is 0 Å². The minimum absolute atomic E-state index is 0.00544. The van der Waals surface area contributed by atoms with Gasteiger partial charge in [-0.05, 0) is 42.5 Å². The molecule has 2 aromatic carbocycles. The molecule has 0 spiro atoms. The summed E-state index contributed by atoms with van der Waals surface area (Å²) >= 11 is 5.25. The highest BCUT2D eigenvalue weighted by molar-refractivity contribution is 7.80. The summed E-state index contributed by atoms with van der Waals surface area (Å²) in [5.74, 6) is -0.695. The molecule has 2 saturated heterocycles. The van der Waals surface area contributed by atoms with E-state index in [1.54, 1.807) is 35.2 Å². The summed E-state index contributed by atoms with van der Waals surface area (Å²) in [5, 5.41) is 17.1. The van der Waals surface area contributed by atoms with E-state index in [2.05, 4.69) is 10.6 Å². The predicted molar refractivity (Wildman–Crippen MR) is 133 cm³/mol. The van der Waals surface area contributed by atoms with Crippen LogP contribution in [-0.2, 0) is 9.47 Å². The fraction of sp³-hybridized carbons (Fsp3) is 0.348. The average molecular weight is 500 g/mol. The third kappa shape index (κ3) is 6.10. The number of thiocarbonyl (C=S) groups is 1. The molecule has 0 bridgehead atoms. The molecule has 0 radical (unpaired) electrons. The van der Waals surface area contributed by atoms with E-state index >= 15 is 0 Å². The Bertz CT molecular complexity index is 1130. The molecule has 2 aliphatic heterocycles. The van der Waals surface area contributed by atoms with E-state index in [1.807, 2.05) is 4.90 Å². The molecule has 0 aromatic heterocycles. The molecular formula is C23H25N5O6S. The summed E-state index contributed by atoms with van der Waals surface area (Å²) in [6.07, 6.45) is 0. The molecule has 0 saturated carbocycles. The summed E-state index contributed by atoms with van der Waals surface area (Å²) in [6.45, 7) is 4.11. The van der Waals surface area contributed by atoms with E-state index in [1.165, 1.54) is 12.1 Å². The molecule has 0 atom stereocenters. The third-order valence-electron chi connectivity index (χ3n) is 5.68. The Labute approximate surface area is 207 Å². The highest BCUT2D eigenvalue weighted by atomic mass is 32.1. The second-order valence-corrected chi connectivity index (χ2v) is 8.36. The van der Waals surface area contributed by atoms with Gasteiger partial charge in [-0.15, -0.1) is 0 Å². The van der Waals surface area contributed by atoms with Crippen LogP contribution in [-0.4, -0.2) is 79.4 Å². The van der Waals surface area contributed by atoms with Crippen LogP contribution >= 0.6 is 12.2 Å². The largest absolute Gasteiger partial charge is 0.378 e. The second kappa shape index (κ2) is 11.2. The first-order valence-corrected chi connectivity index (χ1v) is 11.5. The minimum atomic E-state index is -0.584. The smallest absolute Gasteiger partial charge is 0.293 e. The Morgan fingerprint density at radius 3 is 2.31 bits per heavy atom. The SMILES string of the molecule is O=C(NC(=S)Nc1cccc(C(=O)N2CCOCC2)c1)c1ccc(N2CCOCC2)c([N+](=O)[O-])c1. The number of hydrogen-bond acceptors (Lipinski definition) is 8. The van der Waals surface area contributed by atoms with E-state index in [-0.39, 0.29) is 22.3 Å². The van der Waals surface area contributed by atoms with Crippen LogP contribution in [0.3, 0.4) is 0 Å². The number of carbonyl (C=O) groups is 2. The number of rotatable bonds is 5. The number of nitrogens with zero attached hydrogens (tertiary/aromatic N) is 3. The number of nitrogens with one attached hydrogen (secondary N) is 2. The minimum Gasteiger partial charge on any atom is -0.378 e. The van der Waals surface area contributed by atoms with Gasteiger partial charge in [-0.2, -0.15) is 0 Å². The Hall–Kier alpha value is -3.61. The summed E-state index contributed by atoms with van der Waals surface area (Å²) in [6, 6.07) is 11.1. The Balaban J connectivity index is 1.41. The summed E-state index contributed by atoms with van der Waals surface area (Å²) in [4.78, 5) is 40.1. The molecule has 2 N–H and O–H groups in total. The first-order valence-electron chi connectivity index (χ1n) is 11.1. The second-order valence-electron chi connectivity index (χ2n) is 7.95. The monoisotopic (exact) mass is 499 g/mol. The fourth-order valence-electron chi connectivity index (χ4n) is 3.90. The van der Waals surface area contributed by atoms with Crippen LogP contribution in [0, 0.1) is 10.1 Å². The lowest BCUT2D eigenvalue weighted by Gasteiger charge is -2.28. The predicted octanol–water partition coefficient (Wildman–Crippen LogP) is 2.03. The van der Waals surface area contributed by atoms with E-state index in [4.69, 9.17) is 21.7 Å². The first-order chi connectivity index (χ1) is 16.9. The van der Waals surface area contributed by atoms with Gasteiger partial charge in [0.1, 0.15) is 5.69 Å². The van der Waals surface area contributed by atoms with Gasteiger partial charge in [-0.3, -0.25) is 25.0 Å². The number of ether oxygens (including phenoxy) is 2. The number of nitro benzene ring substituents is 1. The van der Waals surface area contributed by atoms with E-state index in [0.717, 1.165) is 0 Å². The molecule has 12 heteroatoms. The van der Waals surface area contributed by atoms with Gasteiger partial charge in [0.2, 0.25) is 0 Å². The Kier molecular flexibility index (Phi) is 7.85. The molecule has 0 aliphatic carbocycles. The van der Waals surface area contributed by atoms with Crippen LogP contribution in [0.2, 0.25) is 0 Å². The molecule has 2 amide bonds. The zero-order chi connectivity index (χ0) is 24.8. The maximum Gasteiger partial charge on any atom is 0.293 e. The third-order valence-corrected chi connectivity index (χ3v) is 5.88. The molecule has 11 nitrogen and oxygen atoms in total. The van der Waals surface area contributed by atoms with Gasteiger partial charge in [-0.25, -0.2) is 0 Å². The van der Waals surface area contributed by atoms with E-state index < -0.39 is 10.8 Å². The van der Waals surface area contributed by atoms with Crippen molar-refractivity contribution >= 4 is 46.2 Å². The van der Waals surface area contributed by atoms with Crippen molar-refractivity contribution in [3.8, 4) is 0 Å². The molecule has 4 rings (SSSR count). The Morgan fingerprint density at radius 2 is 1.63 bits per heavy atom. The number of benzene rings is 2. The normalized spacial score (nSPS) is 15.9. The van der Waals surface area contributed by atoms with Gasteiger partial charge < -0.3 is 24.6 Å². The summed E-state index contributed by atoms with van der Waals surface area (Å²) in [7, 11) is 0. The number of amides is 2. The van der Waals surface area contributed by atoms with Crippen molar-refractivity contribution in [2.45, 2.75) is 0 Å². The first kappa shape index (κ1) is 24.5. The Morgan fingerprint density at radius 1 is 0.943 bits per heavy atom. The lowest BCUT2D eigenvalue weighted by atomic mass is 10.1. The van der Waals surface area contributed by atoms with Gasteiger partial charge in [0, 0.05) is 49.1 Å². The van der Waals surface area contributed by atoms with Gasteiger partial charge in [0.05, 0.1) is 31.4 Å². The number of morpholine rings is 2. The van der Waals surface area contributed by atoms with Crippen LogP contribution in [0.5, 0.6) is 0 Å². The molecule has 2 heterocycles. The van der Waals surface area contributed by atoms with Crippen molar-refractivity contribution in [1.29, 1.82) is 0 Å². The maximum absolute atomic E-state index is 12.7. The zero-order valence-corrected chi connectivity index (χ0v) is 19.7. The average Bonchev–Trinajstić information content (AvgIpc) is 2.89. The van der Waals surface area contributed by atoms with Crippen molar-refractivity contribution in [3.05, 3.63) is 63.7 Å². The molecule has 2 aromatic rings. The van der Waals surface area contributed by atoms with Crippen molar-refractivity contribution in [3.63, 3.8) is 0 Å². The molecule has 35 heavy (non-hydrogen) atoms. The highest BCUT2D eigenvalue weighted by Crippen LogP contribution is 2.30. The quantitative estimate of drug-likeness (QED) is 0.361. The van der Waals surface area contributed by atoms with Crippen molar-refractivity contribution in [2.24, 2.45) is 0 Å². The van der Waals surface area contributed by atoms with Gasteiger partial charge in [0.15, 0.2) is 5.11 Å². The molecule has 2 aliphatic rings.